The summed E-state index contributed by atoms with van der Waals surface area (Å²) >= 11 is 0. The van der Waals surface area contributed by atoms with Gasteiger partial charge in [0.05, 0.1) is 17.6 Å². The normalized spacial score (nSPS) is 12.1. The molecule has 156 valence electrons. The van der Waals surface area contributed by atoms with Gasteiger partial charge in [0.15, 0.2) is 11.7 Å². The molecule has 0 aliphatic carbocycles. The number of alkyl halides is 3. The second kappa shape index (κ2) is 9.26. The van der Waals surface area contributed by atoms with Crippen LogP contribution in [0, 0.1) is 17.2 Å². The molecular formula is C24H17F3N2O2. The summed E-state index contributed by atoms with van der Waals surface area (Å²) in [5, 5.41) is 11.9. The predicted octanol–water partition coefficient (Wildman–Crippen LogP) is 5.18. The number of nitriles is 1. The van der Waals surface area contributed by atoms with Gasteiger partial charge in [-0.25, -0.2) is 0 Å². The number of anilines is 1. The topological polar surface area (TPSA) is 70.0 Å². The second-order valence-corrected chi connectivity index (χ2v) is 6.78. The zero-order valence-corrected chi connectivity index (χ0v) is 16.1. The van der Waals surface area contributed by atoms with Crippen molar-refractivity contribution >= 4 is 17.4 Å². The lowest BCUT2D eigenvalue weighted by atomic mass is 9.82. The molecule has 1 amide bonds. The fourth-order valence-corrected chi connectivity index (χ4v) is 3.19. The van der Waals surface area contributed by atoms with Crippen LogP contribution in [0.5, 0.6) is 0 Å². The van der Waals surface area contributed by atoms with Crippen LogP contribution in [-0.2, 0) is 15.8 Å². The summed E-state index contributed by atoms with van der Waals surface area (Å²) in [6.45, 7) is 0. The van der Waals surface area contributed by atoms with Crippen molar-refractivity contribution in [3.05, 3.63) is 102 Å². The van der Waals surface area contributed by atoms with Gasteiger partial charge in [0.25, 0.3) is 0 Å². The van der Waals surface area contributed by atoms with Crippen LogP contribution in [0.25, 0.3) is 0 Å². The number of rotatable bonds is 6. The van der Waals surface area contributed by atoms with E-state index in [2.05, 4.69) is 5.32 Å². The van der Waals surface area contributed by atoms with E-state index >= 15 is 0 Å². The van der Waals surface area contributed by atoms with Gasteiger partial charge in [0.2, 0.25) is 5.91 Å². The molecule has 1 unspecified atom stereocenters. The number of carbonyl (C=O) groups excluding carboxylic acids is 2. The Kier molecular flexibility index (Phi) is 6.51. The molecule has 3 aromatic carbocycles. The van der Waals surface area contributed by atoms with Crippen LogP contribution in [0.3, 0.4) is 0 Å². The van der Waals surface area contributed by atoms with Crippen LogP contribution < -0.4 is 5.32 Å². The largest absolute Gasteiger partial charge is 0.416 e. The molecule has 0 heterocycles. The minimum atomic E-state index is -4.51. The number of hydrogen-bond donors (Lipinski definition) is 1. The second-order valence-electron chi connectivity index (χ2n) is 6.78. The number of ketones is 1. The molecule has 0 spiro atoms. The van der Waals surface area contributed by atoms with Crippen molar-refractivity contribution < 1.29 is 22.8 Å². The number of carbonyl (C=O) groups is 2. The number of Topliss-reactive ketones (excluding diaryl/α,β-unsaturated/α-hetero) is 1. The Morgan fingerprint density at radius 1 is 0.806 bits per heavy atom. The maximum atomic E-state index is 13.3. The molecule has 0 saturated carbocycles. The van der Waals surface area contributed by atoms with Crippen molar-refractivity contribution in [3.8, 4) is 6.07 Å². The fraction of sp³-hybridized carbons (Fsp3) is 0.125. The number of amides is 1. The maximum Gasteiger partial charge on any atom is 0.416 e. The van der Waals surface area contributed by atoms with Crippen molar-refractivity contribution in [1.29, 1.82) is 5.26 Å². The molecule has 0 aromatic heterocycles. The molecular weight excluding hydrogens is 405 g/mol. The molecule has 1 N–H and O–H groups in total. The van der Waals surface area contributed by atoms with E-state index in [1.54, 1.807) is 66.7 Å². The SMILES string of the molecule is N#CC(C(=O)Nc1ccc(C(F)(F)F)cc1)C(=O)C(c1ccccc1)c1ccccc1. The number of nitrogens with one attached hydrogen (secondary N) is 1. The molecule has 3 aromatic rings. The van der Waals surface area contributed by atoms with Gasteiger partial charge in [-0.15, -0.1) is 0 Å². The van der Waals surface area contributed by atoms with Crippen LogP contribution in [0.2, 0.25) is 0 Å². The highest BCUT2D eigenvalue weighted by Crippen LogP contribution is 2.31. The lowest BCUT2D eigenvalue weighted by Gasteiger charge is -2.19. The molecule has 4 nitrogen and oxygen atoms in total. The van der Waals surface area contributed by atoms with E-state index in [0.717, 1.165) is 24.3 Å². The Hall–Kier alpha value is -3.92. The molecule has 0 aliphatic rings. The van der Waals surface area contributed by atoms with Crippen molar-refractivity contribution in [2.45, 2.75) is 12.1 Å². The summed E-state index contributed by atoms with van der Waals surface area (Å²) < 4.78 is 38.1. The first-order valence-corrected chi connectivity index (χ1v) is 9.32. The molecule has 0 saturated heterocycles. The van der Waals surface area contributed by atoms with Gasteiger partial charge >= 0.3 is 6.18 Å². The number of nitrogens with zero attached hydrogens (tertiary/aromatic N) is 1. The van der Waals surface area contributed by atoms with E-state index in [0.29, 0.717) is 11.1 Å². The first-order valence-electron chi connectivity index (χ1n) is 9.32. The average molecular weight is 422 g/mol. The molecule has 31 heavy (non-hydrogen) atoms. The van der Waals surface area contributed by atoms with Gasteiger partial charge in [0, 0.05) is 5.69 Å². The molecule has 3 rings (SSSR count). The van der Waals surface area contributed by atoms with Crippen molar-refractivity contribution in [2.24, 2.45) is 5.92 Å². The maximum absolute atomic E-state index is 13.3. The Morgan fingerprint density at radius 2 is 1.29 bits per heavy atom. The van der Waals surface area contributed by atoms with Crippen molar-refractivity contribution in [2.75, 3.05) is 5.32 Å². The Morgan fingerprint density at radius 3 is 1.71 bits per heavy atom. The first-order chi connectivity index (χ1) is 14.8. The van der Waals surface area contributed by atoms with Gasteiger partial charge in [-0.05, 0) is 35.4 Å². The third-order valence-electron chi connectivity index (χ3n) is 4.71. The van der Waals surface area contributed by atoms with Crippen molar-refractivity contribution in [1.82, 2.24) is 0 Å². The van der Waals surface area contributed by atoms with E-state index in [4.69, 9.17) is 0 Å². The molecule has 1 atom stereocenters. The van der Waals surface area contributed by atoms with E-state index in [-0.39, 0.29) is 5.69 Å². The minimum absolute atomic E-state index is 0.0574. The van der Waals surface area contributed by atoms with Crippen molar-refractivity contribution in [3.63, 3.8) is 0 Å². The highest BCUT2D eigenvalue weighted by molar-refractivity contribution is 6.12. The molecule has 0 aliphatic heterocycles. The highest BCUT2D eigenvalue weighted by atomic mass is 19.4. The van der Waals surface area contributed by atoms with E-state index in [1.165, 1.54) is 0 Å². The van der Waals surface area contributed by atoms with Crippen LogP contribution in [-0.4, -0.2) is 11.7 Å². The van der Waals surface area contributed by atoms with Crippen LogP contribution in [0.1, 0.15) is 22.6 Å². The fourth-order valence-electron chi connectivity index (χ4n) is 3.19. The molecule has 7 heteroatoms. The zero-order chi connectivity index (χ0) is 22.4. The average Bonchev–Trinajstić information content (AvgIpc) is 2.76. The van der Waals surface area contributed by atoms with Gasteiger partial charge in [-0.1, -0.05) is 60.7 Å². The van der Waals surface area contributed by atoms with Gasteiger partial charge in [-0.2, -0.15) is 18.4 Å². The van der Waals surface area contributed by atoms with Crippen LogP contribution in [0.15, 0.2) is 84.9 Å². The van der Waals surface area contributed by atoms with E-state index in [9.17, 15) is 28.0 Å². The summed E-state index contributed by atoms with van der Waals surface area (Å²) in [4.78, 5) is 25.9. The number of halogens is 3. The Labute approximate surface area is 176 Å². The summed E-state index contributed by atoms with van der Waals surface area (Å²) in [5.41, 5.74) is 0.441. The quantitative estimate of drug-likeness (QED) is 0.556. The lowest BCUT2D eigenvalue weighted by molar-refractivity contribution is -0.137. The van der Waals surface area contributed by atoms with E-state index < -0.39 is 35.3 Å². The Balaban J connectivity index is 1.86. The number of benzene rings is 3. The summed E-state index contributed by atoms with van der Waals surface area (Å²) in [7, 11) is 0. The van der Waals surface area contributed by atoms with Gasteiger partial charge in [0.1, 0.15) is 0 Å². The summed E-state index contributed by atoms with van der Waals surface area (Å²) in [5.74, 6) is -4.01. The Bertz CT molecular complexity index is 1050. The minimum Gasteiger partial charge on any atom is -0.325 e. The zero-order valence-electron chi connectivity index (χ0n) is 16.1. The standard InChI is InChI=1S/C24H17F3N2O2/c25-24(26,27)18-11-13-19(14-12-18)29-23(31)20(15-28)22(30)21(16-7-3-1-4-8-16)17-9-5-2-6-10-17/h1-14,20-21H,(H,29,31). The third-order valence-corrected chi connectivity index (χ3v) is 4.71. The number of hydrogen-bond acceptors (Lipinski definition) is 3. The predicted molar refractivity (Wildman–Crippen MR) is 109 cm³/mol. The van der Waals surface area contributed by atoms with Gasteiger partial charge in [-0.3, -0.25) is 9.59 Å². The van der Waals surface area contributed by atoms with Gasteiger partial charge < -0.3 is 5.32 Å². The summed E-state index contributed by atoms with van der Waals surface area (Å²) in [6, 6.07) is 23.0. The van der Waals surface area contributed by atoms with Crippen LogP contribution >= 0.6 is 0 Å². The highest BCUT2D eigenvalue weighted by Gasteiger charge is 2.35. The third kappa shape index (κ3) is 5.17. The smallest absolute Gasteiger partial charge is 0.325 e. The molecule has 0 bridgehead atoms. The van der Waals surface area contributed by atoms with E-state index in [1.807, 2.05) is 0 Å². The first kappa shape index (κ1) is 21.8. The molecule has 0 radical (unpaired) electrons. The summed E-state index contributed by atoms with van der Waals surface area (Å²) in [6.07, 6.45) is -4.51. The monoisotopic (exact) mass is 422 g/mol. The molecule has 0 fully saturated rings. The van der Waals surface area contributed by atoms with Crippen LogP contribution in [0.4, 0.5) is 18.9 Å². The lowest BCUT2D eigenvalue weighted by Crippen LogP contribution is -2.32.